The van der Waals surface area contributed by atoms with E-state index in [2.05, 4.69) is 10.1 Å². The number of likely N-dealkylation sites (tertiary alicyclic amines) is 1. The van der Waals surface area contributed by atoms with Crippen molar-refractivity contribution in [2.45, 2.75) is 32.6 Å². The molecular weight excluding hydrogens is 306 g/mol. The van der Waals surface area contributed by atoms with Crippen LogP contribution in [0.3, 0.4) is 0 Å². The van der Waals surface area contributed by atoms with Crippen LogP contribution in [0.5, 0.6) is 0 Å². The fourth-order valence-electron chi connectivity index (χ4n) is 3.33. The molecule has 4 rings (SSSR count). The number of piperidine rings is 1. The number of para-hydroxylation sites is 1. The number of aryl methyl sites for hydroxylation is 2. The van der Waals surface area contributed by atoms with Crippen LogP contribution < -0.4 is 0 Å². The summed E-state index contributed by atoms with van der Waals surface area (Å²) in [7, 11) is 0. The molecule has 2 aromatic heterocycles. The predicted octanol–water partition coefficient (Wildman–Crippen LogP) is 3.45. The maximum atomic E-state index is 12.8. The molecular formula is C18H19N3O3. The van der Waals surface area contributed by atoms with Gasteiger partial charge in [-0.1, -0.05) is 23.4 Å². The van der Waals surface area contributed by atoms with E-state index in [1.54, 1.807) is 0 Å². The minimum atomic E-state index is -0.0381. The molecule has 0 bridgehead atoms. The first-order valence-corrected chi connectivity index (χ1v) is 8.21. The minimum absolute atomic E-state index is 0.0381. The number of benzene rings is 1. The van der Waals surface area contributed by atoms with Crippen molar-refractivity contribution >= 4 is 16.9 Å². The standard InChI is InChI=1S/C18H19N3O3/c1-11-14-5-3-4-6-15(14)23-16(11)18(22)21-9-7-13(8-10-21)17-19-12(2)20-24-17/h3-6,13H,7-10H2,1-2H3. The van der Waals surface area contributed by atoms with Gasteiger partial charge in [-0.25, -0.2) is 0 Å². The van der Waals surface area contributed by atoms with E-state index in [0.717, 1.165) is 29.4 Å². The summed E-state index contributed by atoms with van der Waals surface area (Å²) in [5.41, 5.74) is 1.67. The van der Waals surface area contributed by atoms with Crippen LogP contribution in [0.15, 0.2) is 33.2 Å². The van der Waals surface area contributed by atoms with E-state index >= 15 is 0 Å². The maximum absolute atomic E-state index is 12.8. The highest BCUT2D eigenvalue weighted by Crippen LogP contribution is 2.30. The van der Waals surface area contributed by atoms with Crippen molar-refractivity contribution in [2.24, 2.45) is 0 Å². The Balaban J connectivity index is 1.50. The molecule has 6 heteroatoms. The van der Waals surface area contributed by atoms with E-state index in [-0.39, 0.29) is 11.8 Å². The minimum Gasteiger partial charge on any atom is -0.451 e. The van der Waals surface area contributed by atoms with Crippen molar-refractivity contribution in [1.82, 2.24) is 15.0 Å². The highest BCUT2D eigenvalue weighted by molar-refractivity contribution is 5.98. The first kappa shape index (κ1) is 14.9. The molecule has 1 amide bonds. The van der Waals surface area contributed by atoms with Gasteiger partial charge in [0.1, 0.15) is 5.58 Å². The van der Waals surface area contributed by atoms with Crippen molar-refractivity contribution in [2.75, 3.05) is 13.1 Å². The summed E-state index contributed by atoms with van der Waals surface area (Å²) in [6.07, 6.45) is 1.65. The normalized spacial score (nSPS) is 16.0. The fraction of sp³-hybridized carbons (Fsp3) is 0.389. The second-order valence-corrected chi connectivity index (χ2v) is 6.30. The molecule has 3 aromatic rings. The van der Waals surface area contributed by atoms with Crippen LogP contribution in [0.4, 0.5) is 0 Å². The zero-order valence-corrected chi connectivity index (χ0v) is 13.8. The Morgan fingerprint density at radius 1 is 1.21 bits per heavy atom. The van der Waals surface area contributed by atoms with Crippen molar-refractivity contribution in [3.63, 3.8) is 0 Å². The highest BCUT2D eigenvalue weighted by Gasteiger charge is 2.30. The van der Waals surface area contributed by atoms with Gasteiger partial charge in [-0.05, 0) is 32.8 Å². The van der Waals surface area contributed by atoms with E-state index in [0.29, 0.717) is 30.6 Å². The van der Waals surface area contributed by atoms with Gasteiger partial charge in [0.2, 0.25) is 5.89 Å². The average molecular weight is 325 g/mol. The van der Waals surface area contributed by atoms with Gasteiger partial charge in [0.25, 0.3) is 5.91 Å². The van der Waals surface area contributed by atoms with E-state index in [1.807, 2.05) is 43.0 Å². The van der Waals surface area contributed by atoms with Crippen molar-refractivity contribution in [3.05, 3.63) is 47.3 Å². The first-order valence-electron chi connectivity index (χ1n) is 8.21. The van der Waals surface area contributed by atoms with Gasteiger partial charge in [0.05, 0.1) is 0 Å². The second kappa shape index (κ2) is 5.78. The topological polar surface area (TPSA) is 72.4 Å². The number of fused-ring (bicyclic) bond motifs is 1. The lowest BCUT2D eigenvalue weighted by Gasteiger charge is -2.29. The third kappa shape index (κ3) is 2.48. The smallest absolute Gasteiger partial charge is 0.289 e. The predicted molar refractivity (Wildman–Crippen MR) is 87.9 cm³/mol. The number of carbonyl (C=O) groups excluding carboxylic acids is 1. The van der Waals surface area contributed by atoms with Gasteiger partial charge < -0.3 is 13.8 Å². The van der Waals surface area contributed by atoms with Gasteiger partial charge >= 0.3 is 0 Å². The zero-order valence-electron chi connectivity index (χ0n) is 13.8. The third-order valence-electron chi connectivity index (χ3n) is 4.71. The Hall–Kier alpha value is -2.63. The summed E-state index contributed by atoms with van der Waals surface area (Å²) in [6, 6.07) is 7.74. The first-order chi connectivity index (χ1) is 11.6. The van der Waals surface area contributed by atoms with Crippen molar-refractivity contribution < 1.29 is 13.7 Å². The Labute approximate surface area is 139 Å². The van der Waals surface area contributed by atoms with Gasteiger partial charge in [0, 0.05) is 30.0 Å². The van der Waals surface area contributed by atoms with Crippen LogP contribution >= 0.6 is 0 Å². The number of nitrogens with zero attached hydrogens (tertiary/aromatic N) is 3. The van der Waals surface area contributed by atoms with Crippen LogP contribution in [0.2, 0.25) is 0 Å². The SMILES string of the molecule is Cc1noc(C2CCN(C(=O)c3oc4ccccc4c3C)CC2)n1. The largest absolute Gasteiger partial charge is 0.451 e. The van der Waals surface area contributed by atoms with E-state index in [1.165, 1.54) is 0 Å². The molecule has 24 heavy (non-hydrogen) atoms. The lowest BCUT2D eigenvalue weighted by atomic mass is 9.96. The molecule has 0 aliphatic carbocycles. The van der Waals surface area contributed by atoms with Crippen LogP contribution in [0.25, 0.3) is 11.0 Å². The number of furan rings is 1. The van der Waals surface area contributed by atoms with Crippen molar-refractivity contribution in [1.29, 1.82) is 0 Å². The summed E-state index contributed by atoms with van der Waals surface area (Å²) < 4.78 is 11.1. The molecule has 3 heterocycles. The molecule has 1 aromatic carbocycles. The van der Waals surface area contributed by atoms with E-state index in [9.17, 15) is 4.79 Å². The number of rotatable bonds is 2. The molecule has 1 fully saturated rings. The second-order valence-electron chi connectivity index (χ2n) is 6.30. The van der Waals surface area contributed by atoms with E-state index in [4.69, 9.17) is 8.94 Å². The molecule has 0 saturated carbocycles. The fourth-order valence-corrected chi connectivity index (χ4v) is 3.33. The lowest BCUT2D eigenvalue weighted by molar-refractivity contribution is 0.0674. The molecule has 0 spiro atoms. The zero-order chi connectivity index (χ0) is 16.7. The Kier molecular flexibility index (Phi) is 3.59. The number of hydrogen-bond acceptors (Lipinski definition) is 5. The summed E-state index contributed by atoms with van der Waals surface area (Å²) in [5, 5.41) is 4.85. The molecule has 1 saturated heterocycles. The van der Waals surface area contributed by atoms with E-state index < -0.39 is 0 Å². The molecule has 124 valence electrons. The van der Waals surface area contributed by atoms with Gasteiger partial charge in [-0.3, -0.25) is 4.79 Å². The summed E-state index contributed by atoms with van der Waals surface area (Å²) in [5.74, 6) is 1.97. The quantitative estimate of drug-likeness (QED) is 0.721. The number of amides is 1. The summed E-state index contributed by atoms with van der Waals surface area (Å²) in [4.78, 5) is 19.0. The van der Waals surface area contributed by atoms with Gasteiger partial charge in [0.15, 0.2) is 11.6 Å². The number of aromatic nitrogens is 2. The maximum Gasteiger partial charge on any atom is 0.289 e. The Bertz CT molecular complexity index is 888. The summed E-state index contributed by atoms with van der Waals surface area (Å²) >= 11 is 0. The monoisotopic (exact) mass is 325 g/mol. The molecule has 6 nitrogen and oxygen atoms in total. The summed E-state index contributed by atoms with van der Waals surface area (Å²) in [6.45, 7) is 5.09. The number of hydrogen-bond donors (Lipinski definition) is 0. The van der Waals surface area contributed by atoms with Gasteiger partial charge in [-0.15, -0.1) is 0 Å². The van der Waals surface area contributed by atoms with Gasteiger partial charge in [-0.2, -0.15) is 4.98 Å². The molecule has 1 aliphatic heterocycles. The van der Waals surface area contributed by atoms with Crippen LogP contribution in [0.1, 0.15) is 46.6 Å². The lowest BCUT2D eigenvalue weighted by Crippen LogP contribution is -2.38. The Morgan fingerprint density at radius 3 is 2.62 bits per heavy atom. The van der Waals surface area contributed by atoms with Crippen LogP contribution in [-0.2, 0) is 0 Å². The highest BCUT2D eigenvalue weighted by atomic mass is 16.5. The Morgan fingerprint density at radius 2 is 1.96 bits per heavy atom. The molecule has 1 aliphatic rings. The van der Waals surface area contributed by atoms with Crippen LogP contribution in [0, 0.1) is 13.8 Å². The third-order valence-corrected chi connectivity index (χ3v) is 4.71. The van der Waals surface area contributed by atoms with Crippen LogP contribution in [-0.4, -0.2) is 34.0 Å². The molecule has 0 unspecified atom stereocenters. The number of carbonyl (C=O) groups is 1. The molecule has 0 radical (unpaired) electrons. The average Bonchev–Trinajstić information content (AvgIpc) is 3.19. The molecule has 0 atom stereocenters. The molecule has 0 N–H and O–H groups in total. The van der Waals surface area contributed by atoms with Crippen molar-refractivity contribution in [3.8, 4) is 0 Å².